The van der Waals surface area contributed by atoms with Crippen LogP contribution < -0.4 is 5.32 Å². The zero-order chi connectivity index (χ0) is 18.3. The molecule has 0 aliphatic carbocycles. The summed E-state index contributed by atoms with van der Waals surface area (Å²) in [7, 11) is 0. The fourth-order valence-corrected chi connectivity index (χ4v) is 4.05. The molecule has 0 saturated heterocycles. The highest BCUT2D eigenvalue weighted by Gasteiger charge is 2.23. The summed E-state index contributed by atoms with van der Waals surface area (Å²) in [5, 5.41) is 9.59. The highest BCUT2D eigenvalue weighted by molar-refractivity contribution is 6.43. The van der Waals surface area contributed by atoms with Gasteiger partial charge in [0.05, 0.1) is 21.4 Å². The molecule has 2 heterocycles. The van der Waals surface area contributed by atoms with Crippen molar-refractivity contribution in [1.29, 1.82) is 0 Å². The fourth-order valence-electron chi connectivity index (χ4n) is 3.68. The van der Waals surface area contributed by atoms with Crippen molar-refractivity contribution < 1.29 is 0 Å². The molecule has 2 aromatic carbocycles. The SMILES string of the molecule is Cc1cc(C)cc(-c2nn(-c3cccc(Cl)c3Cl)c3c2CCCCN3)c1. The molecule has 5 heteroatoms. The monoisotopic (exact) mass is 385 g/mol. The van der Waals surface area contributed by atoms with Crippen LogP contribution in [0, 0.1) is 13.8 Å². The summed E-state index contributed by atoms with van der Waals surface area (Å²) in [6.07, 6.45) is 3.29. The van der Waals surface area contributed by atoms with E-state index in [1.165, 1.54) is 16.7 Å². The Hall–Kier alpha value is -1.97. The van der Waals surface area contributed by atoms with Crippen LogP contribution in [-0.2, 0) is 6.42 Å². The Morgan fingerprint density at radius 1 is 1.04 bits per heavy atom. The number of aryl methyl sites for hydroxylation is 2. The molecule has 0 fully saturated rings. The minimum absolute atomic E-state index is 0.525. The largest absolute Gasteiger partial charge is 0.370 e. The van der Waals surface area contributed by atoms with Crippen LogP contribution in [0.2, 0.25) is 10.0 Å². The molecule has 3 nitrogen and oxygen atoms in total. The lowest BCUT2D eigenvalue weighted by molar-refractivity contribution is 0.780. The van der Waals surface area contributed by atoms with Gasteiger partial charge in [0, 0.05) is 17.7 Å². The summed E-state index contributed by atoms with van der Waals surface area (Å²) in [5.74, 6) is 1.03. The maximum absolute atomic E-state index is 6.50. The molecule has 0 bridgehead atoms. The Morgan fingerprint density at radius 3 is 2.58 bits per heavy atom. The summed E-state index contributed by atoms with van der Waals surface area (Å²) in [5.41, 5.74) is 6.72. The number of nitrogens with zero attached hydrogens (tertiary/aromatic N) is 2. The molecule has 4 rings (SSSR count). The van der Waals surface area contributed by atoms with Gasteiger partial charge in [0.25, 0.3) is 0 Å². The predicted molar refractivity (Wildman–Crippen MR) is 110 cm³/mol. The number of rotatable bonds is 2. The first kappa shape index (κ1) is 17.4. The third-order valence-electron chi connectivity index (χ3n) is 4.78. The highest BCUT2D eigenvalue weighted by atomic mass is 35.5. The van der Waals surface area contributed by atoms with Crippen molar-refractivity contribution in [3.63, 3.8) is 0 Å². The lowest BCUT2D eigenvalue weighted by atomic mass is 10.00. The second-order valence-electron chi connectivity index (χ2n) is 6.92. The van der Waals surface area contributed by atoms with Gasteiger partial charge in [-0.15, -0.1) is 0 Å². The van der Waals surface area contributed by atoms with E-state index in [0.717, 1.165) is 48.6 Å². The zero-order valence-corrected chi connectivity index (χ0v) is 16.5. The summed E-state index contributed by atoms with van der Waals surface area (Å²) in [6.45, 7) is 5.18. The molecule has 0 saturated carbocycles. The highest BCUT2D eigenvalue weighted by Crippen LogP contribution is 2.37. The average molecular weight is 386 g/mol. The molecule has 0 atom stereocenters. The normalized spacial score (nSPS) is 13.8. The molecule has 0 spiro atoms. The van der Waals surface area contributed by atoms with E-state index < -0.39 is 0 Å². The van der Waals surface area contributed by atoms with Crippen LogP contribution in [0.25, 0.3) is 16.9 Å². The van der Waals surface area contributed by atoms with E-state index in [9.17, 15) is 0 Å². The Labute approximate surface area is 163 Å². The van der Waals surface area contributed by atoms with Crippen molar-refractivity contribution in [2.75, 3.05) is 11.9 Å². The van der Waals surface area contributed by atoms with Crippen molar-refractivity contribution in [3.8, 4) is 16.9 Å². The summed E-state index contributed by atoms with van der Waals surface area (Å²) in [4.78, 5) is 0. The smallest absolute Gasteiger partial charge is 0.133 e. The molecule has 0 unspecified atom stereocenters. The van der Waals surface area contributed by atoms with Crippen LogP contribution in [-0.4, -0.2) is 16.3 Å². The second kappa shape index (κ2) is 6.98. The number of fused-ring (bicyclic) bond motifs is 1. The minimum atomic E-state index is 0.525. The first-order valence-electron chi connectivity index (χ1n) is 8.93. The summed E-state index contributed by atoms with van der Waals surface area (Å²) >= 11 is 12.7. The molecule has 0 amide bonds. The lowest BCUT2D eigenvalue weighted by Gasteiger charge is -2.11. The van der Waals surface area contributed by atoms with Gasteiger partial charge >= 0.3 is 0 Å². The molecule has 134 valence electrons. The number of nitrogens with one attached hydrogen (secondary N) is 1. The number of hydrogen-bond acceptors (Lipinski definition) is 2. The first-order chi connectivity index (χ1) is 12.5. The van der Waals surface area contributed by atoms with Crippen LogP contribution in [0.15, 0.2) is 36.4 Å². The standard InChI is InChI=1S/C21H21Cl2N3/c1-13-10-14(2)12-15(11-13)20-16-6-3-4-9-24-21(16)26(25-20)18-8-5-7-17(22)19(18)23/h5,7-8,10-12,24H,3-4,6,9H2,1-2H3. The lowest BCUT2D eigenvalue weighted by Crippen LogP contribution is -2.07. The zero-order valence-electron chi connectivity index (χ0n) is 14.9. The maximum Gasteiger partial charge on any atom is 0.133 e. The van der Waals surface area contributed by atoms with Gasteiger partial charge in [-0.1, -0.05) is 46.5 Å². The van der Waals surface area contributed by atoms with E-state index in [2.05, 4.69) is 37.4 Å². The van der Waals surface area contributed by atoms with Crippen LogP contribution in [0.4, 0.5) is 5.82 Å². The van der Waals surface area contributed by atoms with Gasteiger partial charge in [-0.05, 0) is 57.4 Å². The Kier molecular flexibility index (Phi) is 4.68. The van der Waals surface area contributed by atoms with Gasteiger partial charge in [0.15, 0.2) is 0 Å². The van der Waals surface area contributed by atoms with E-state index in [-0.39, 0.29) is 0 Å². The third kappa shape index (κ3) is 3.10. The van der Waals surface area contributed by atoms with E-state index in [1.807, 2.05) is 16.8 Å². The summed E-state index contributed by atoms with van der Waals surface area (Å²) < 4.78 is 1.92. The van der Waals surface area contributed by atoms with Crippen molar-refractivity contribution in [3.05, 3.63) is 63.1 Å². The van der Waals surface area contributed by atoms with Gasteiger partial charge in [0.1, 0.15) is 5.82 Å². The van der Waals surface area contributed by atoms with E-state index in [4.69, 9.17) is 28.3 Å². The van der Waals surface area contributed by atoms with Crippen LogP contribution in [0.1, 0.15) is 29.5 Å². The van der Waals surface area contributed by atoms with Crippen molar-refractivity contribution in [2.45, 2.75) is 33.1 Å². The van der Waals surface area contributed by atoms with Crippen LogP contribution >= 0.6 is 23.2 Å². The number of benzene rings is 2. The quantitative estimate of drug-likeness (QED) is 0.567. The molecule has 1 N–H and O–H groups in total. The second-order valence-corrected chi connectivity index (χ2v) is 7.71. The van der Waals surface area contributed by atoms with Crippen molar-refractivity contribution >= 4 is 29.0 Å². The molecular weight excluding hydrogens is 365 g/mol. The molecule has 1 aliphatic heterocycles. The van der Waals surface area contributed by atoms with Gasteiger partial charge in [-0.3, -0.25) is 0 Å². The van der Waals surface area contributed by atoms with Gasteiger partial charge in [-0.2, -0.15) is 5.10 Å². The molecule has 3 aromatic rings. The van der Waals surface area contributed by atoms with E-state index in [0.29, 0.717) is 10.0 Å². The average Bonchev–Trinajstić information content (AvgIpc) is 2.78. The molecule has 1 aliphatic rings. The van der Waals surface area contributed by atoms with E-state index in [1.54, 1.807) is 6.07 Å². The van der Waals surface area contributed by atoms with E-state index >= 15 is 0 Å². The third-order valence-corrected chi connectivity index (χ3v) is 5.59. The molecule has 0 radical (unpaired) electrons. The van der Waals surface area contributed by atoms with Crippen LogP contribution in [0.5, 0.6) is 0 Å². The number of halogens is 2. The molecule has 26 heavy (non-hydrogen) atoms. The minimum Gasteiger partial charge on any atom is -0.370 e. The number of aromatic nitrogens is 2. The van der Waals surface area contributed by atoms with Crippen molar-refractivity contribution in [2.24, 2.45) is 0 Å². The predicted octanol–water partition coefficient (Wildman–Crippen LogP) is 6.21. The van der Waals surface area contributed by atoms with Crippen molar-refractivity contribution in [1.82, 2.24) is 9.78 Å². The number of hydrogen-bond donors (Lipinski definition) is 1. The first-order valence-corrected chi connectivity index (χ1v) is 9.69. The van der Waals surface area contributed by atoms with Gasteiger partial charge in [0.2, 0.25) is 0 Å². The number of anilines is 1. The summed E-state index contributed by atoms with van der Waals surface area (Å²) in [6, 6.07) is 12.2. The Bertz CT molecular complexity index is 955. The fraction of sp³-hybridized carbons (Fsp3) is 0.286. The Morgan fingerprint density at radius 2 is 1.81 bits per heavy atom. The van der Waals surface area contributed by atoms with Gasteiger partial charge < -0.3 is 5.32 Å². The Balaban J connectivity index is 1.96. The van der Waals surface area contributed by atoms with Gasteiger partial charge in [-0.25, -0.2) is 4.68 Å². The molecule has 1 aromatic heterocycles. The topological polar surface area (TPSA) is 29.9 Å². The molecular formula is C21H21Cl2N3. The maximum atomic E-state index is 6.50. The van der Waals surface area contributed by atoms with Crippen LogP contribution in [0.3, 0.4) is 0 Å².